The fraction of sp³-hybridized carbons (Fsp3) is 0.720. The van der Waals surface area contributed by atoms with Crippen LogP contribution in [0.3, 0.4) is 0 Å². The monoisotopic (exact) mass is 572 g/mol. The Kier molecular flexibility index (Phi) is 11.6. The van der Waals surface area contributed by atoms with E-state index < -0.39 is 62.4 Å². The Morgan fingerprint density at radius 3 is 1.95 bits per heavy atom. The molecule has 0 N–H and O–H groups in total. The molecule has 2 heterocycles. The molecule has 0 radical (unpaired) electrons. The molecule has 38 heavy (non-hydrogen) atoms. The molecule has 1 unspecified atom stereocenters. The van der Waals surface area contributed by atoms with Gasteiger partial charge in [0.05, 0.1) is 5.75 Å². The number of hydrogen-bond acceptors (Lipinski definition) is 6. The van der Waals surface area contributed by atoms with Gasteiger partial charge in [0.1, 0.15) is 5.60 Å². The van der Waals surface area contributed by atoms with Crippen molar-refractivity contribution >= 4 is 16.2 Å². The first-order valence-electron chi connectivity index (χ1n) is 12.8. The first kappa shape index (κ1) is 32.1. The van der Waals surface area contributed by atoms with Gasteiger partial charge in [0.15, 0.2) is 0 Å². The number of carbonyl (C=O) groups excluding carboxylic acids is 1. The zero-order chi connectivity index (χ0) is 28.7. The van der Waals surface area contributed by atoms with Crippen LogP contribution >= 0.6 is 0 Å². The summed E-state index contributed by atoms with van der Waals surface area (Å²) in [7, 11) is -4.66. The van der Waals surface area contributed by atoms with Crippen molar-refractivity contribution in [3.8, 4) is 5.75 Å². The van der Waals surface area contributed by atoms with Gasteiger partial charge in [-0.15, -0.1) is 0 Å². The number of piperidine rings is 2. The van der Waals surface area contributed by atoms with Crippen LogP contribution in [-0.2, 0) is 14.9 Å². The molecule has 1 amide bonds. The fourth-order valence-corrected chi connectivity index (χ4v) is 5.31. The van der Waals surface area contributed by atoms with Crippen LogP contribution in [0.25, 0.3) is 0 Å². The lowest BCUT2D eigenvalue weighted by molar-refractivity contribution is 0.0164. The van der Waals surface area contributed by atoms with Crippen LogP contribution < -0.4 is 4.18 Å². The lowest BCUT2D eigenvalue weighted by atomic mass is 9.96. The van der Waals surface area contributed by atoms with Crippen molar-refractivity contribution in [2.75, 3.05) is 38.5 Å². The minimum atomic E-state index is -4.66. The molecule has 1 aromatic carbocycles. The molecule has 1 aromatic rings. The molecule has 7 nitrogen and oxygen atoms in total. The van der Waals surface area contributed by atoms with Crippen LogP contribution in [0, 0.1) is 35.0 Å². The predicted octanol–water partition coefficient (Wildman–Crippen LogP) is 5.62. The highest BCUT2D eigenvalue weighted by molar-refractivity contribution is 7.87. The minimum Gasteiger partial charge on any atom is -0.444 e. The van der Waals surface area contributed by atoms with E-state index in [1.54, 1.807) is 20.8 Å². The van der Waals surface area contributed by atoms with Gasteiger partial charge in [0.25, 0.3) is 0 Å². The van der Waals surface area contributed by atoms with Gasteiger partial charge in [0.2, 0.25) is 34.8 Å². The number of likely N-dealkylation sites (tertiary alicyclic amines) is 2. The molecule has 0 spiro atoms. The highest BCUT2D eigenvalue weighted by Gasteiger charge is 2.32. The number of hydrogen-bond donors (Lipinski definition) is 0. The molecule has 0 bridgehead atoms. The molecule has 13 heteroatoms. The maximum Gasteiger partial charge on any atom is 0.410 e. The zero-order valence-electron chi connectivity index (χ0n) is 22.3. The quantitative estimate of drug-likeness (QED) is 0.191. The number of amides is 1. The van der Waals surface area contributed by atoms with Crippen LogP contribution in [0.5, 0.6) is 5.75 Å². The fourth-order valence-electron chi connectivity index (χ4n) is 4.21. The summed E-state index contributed by atoms with van der Waals surface area (Å²) in [6, 6.07) is 0. The number of halogens is 5. The molecule has 2 fully saturated rings. The van der Waals surface area contributed by atoms with E-state index in [1.165, 1.54) is 43.8 Å². The molecular weight excluding hydrogens is 535 g/mol. The molecule has 1 atom stereocenters. The summed E-state index contributed by atoms with van der Waals surface area (Å²) in [6.45, 7) is 11.9. The van der Waals surface area contributed by atoms with Crippen LogP contribution in [0.1, 0.15) is 66.2 Å². The van der Waals surface area contributed by atoms with E-state index in [2.05, 4.69) is 16.0 Å². The number of rotatable bonds is 6. The number of benzene rings is 1. The molecule has 0 aliphatic carbocycles. The standard InChI is InChI=1S/C18H22F5NO5S.C7H15N/c1-18(2,3)28-17(25)24-7-4-5-10(9-24)6-8-30(26,27)29-16-14(22)12(20)11(19)13(21)15(16)23;1-2-8-6-4-3-5-7-8/h10H,4-9H2,1-3H3;2-7H2,1H3. The second-order valence-electron chi connectivity index (χ2n) is 10.5. The Bertz CT molecular complexity index is 1030. The van der Waals surface area contributed by atoms with Crippen molar-refractivity contribution < 1.29 is 44.1 Å². The van der Waals surface area contributed by atoms with E-state index in [9.17, 15) is 35.2 Å². The highest BCUT2D eigenvalue weighted by atomic mass is 32.2. The number of nitrogens with zero attached hydrogens (tertiary/aromatic N) is 2. The molecule has 2 saturated heterocycles. The lowest BCUT2D eigenvalue weighted by Gasteiger charge is -2.34. The van der Waals surface area contributed by atoms with E-state index in [0.29, 0.717) is 19.4 Å². The summed E-state index contributed by atoms with van der Waals surface area (Å²) >= 11 is 0. The average Bonchev–Trinajstić information content (AvgIpc) is 2.88. The van der Waals surface area contributed by atoms with Gasteiger partial charge >= 0.3 is 16.2 Å². The molecule has 0 saturated carbocycles. The third kappa shape index (κ3) is 9.55. The smallest absolute Gasteiger partial charge is 0.410 e. The number of carbonyl (C=O) groups is 1. The number of ether oxygens (including phenoxy) is 1. The predicted molar refractivity (Wildman–Crippen MR) is 132 cm³/mol. The second-order valence-corrected chi connectivity index (χ2v) is 12.2. The Morgan fingerprint density at radius 2 is 1.45 bits per heavy atom. The molecular formula is C25H37F5N2O5S. The Hall–Kier alpha value is -2.15. The molecule has 218 valence electrons. The van der Waals surface area contributed by atoms with E-state index in [4.69, 9.17) is 4.74 Å². The van der Waals surface area contributed by atoms with Crippen LogP contribution in [0.15, 0.2) is 0 Å². The SMILES string of the molecule is CC(C)(C)OC(=O)N1CCCC(CCS(=O)(=O)Oc2c(F)c(F)c(F)c(F)c2F)C1.CCN1CCCCC1. The second kappa shape index (κ2) is 13.8. The zero-order valence-corrected chi connectivity index (χ0v) is 23.1. The third-order valence-electron chi connectivity index (χ3n) is 6.22. The Morgan fingerprint density at radius 1 is 0.895 bits per heavy atom. The van der Waals surface area contributed by atoms with Crippen molar-refractivity contribution in [3.63, 3.8) is 0 Å². The maximum absolute atomic E-state index is 13.6. The van der Waals surface area contributed by atoms with E-state index in [-0.39, 0.29) is 18.9 Å². The van der Waals surface area contributed by atoms with Gasteiger partial charge in [-0.05, 0) is 78.4 Å². The molecule has 3 rings (SSSR count). The van der Waals surface area contributed by atoms with Crippen molar-refractivity contribution in [3.05, 3.63) is 29.1 Å². The van der Waals surface area contributed by atoms with Gasteiger partial charge in [-0.2, -0.15) is 17.2 Å². The van der Waals surface area contributed by atoms with E-state index >= 15 is 0 Å². The molecule has 2 aliphatic heterocycles. The van der Waals surface area contributed by atoms with Crippen LogP contribution in [0.2, 0.25) is 0 Å². The van der Waals surface area contributed by atoms with Gasteiger partial charge in [-0.1, -0.05) is 13.3 Å². The maximum atomic E-state index is 13.6. The van der Waals surface area contributed by atoms with Crippen molar-refractivity contribution in [2.45, 2.75) is 71.8 Å². The van der Waals surface area contributed by atoms with Gasteiger partial charge < -0.3 is 18.7 Å². The largest absolute Gasteiger partial charge is 0.444 e. The van der Waals surface area contributed by atoms with Crippen LogP contribution in [-0.4, -0.2) is 68.4 Å². The topological polar surface area (TPSA) is 76.1 Å². The Balaban J connectivity index is 0.000000538. The first-order valence-corrected chi connectivity index (χ1v) is 14.4. The molecule has 2 aliphatic rings. The first-order chi connectivity index (χ1) is 17.6. The summed E-state index contributed by atoms with van der Waals surface area (Å²) in [5.41, 5.74) is -0.699. The lowest BCUT2D eigenvalue weighted by Crippen LogP contribution is -2.43. The van der Waals surface area contributed by atoms with Crippen molar-refractivity contribution in [1.82, 2.24) is 9.80 Å². The minimum absolute atomic E-state index is 0.0446. The van der Waals surface area contributed by atoms with Gasteiger partial charge in [-0.25, -0.2) is 18.0 Å². The summed E-state index contributed by atoms with van der Waals surface area (Å²) in [5, 5.41) is 0. The van der Waals surface area contributed by atoms with Crippen LogP contribution in [0.4, 0.5) is 26.7 Å². The summed E-state index contributed by atoms with van der Waals surface area (Å²) < 4.78 is 100. The summed E-state index contributed by atoms with van der Waals surface area (Å²) in [6.07, 6.45) is 4.88. The average molecular weight is 573 g/mol. The third-order valence-corrected chi connectivity index (χ3v) is 7.38. The Labute approximate surface area is 221 Å². The highest BCUT2D eigenvalue weighted by Crippen LogP contribution is 2.31. The summed E-state index contributed by atoms with van der Waals surface area (Å²) in [4.78, 5) is 16.1. The van der Waals surface area contributed by atoms with E-state index in [0.717, 1.165) is 0 Å². The van der Waals surface area contributed by atoms with Gasteiger partial charge in [-0.3, -0.25) is 0 Å². The van der Waals surface area contributed by atoms with Crippen molar-refractivity contribution in [2.24, 2.45) is 5.92 Å². The van der Waals surface area contributed by atoms with Gasteiger partial charge in [0, 0.05) is 13.1 Å². The normalized spacial score (nSPS) is 19.0. The summed E-state index contributed by atoms with van der Waals surface area (Å²) in [5.74, 6) is -14.7. The van der Waals surface area contributed by atoms with Crippen molar-refractivity contribution in [1.29, 1.82) is 0 Å². The van der Waals surface area contributed by atoms with E-state index in [1.807, 2.05) is 0 Å². The molecule has 0 aromatic heterocycles.